The number of rotatable bonds is 4. The van der Waals surface area contributed by atoms with E-state index in [4.69, 9.17) is 4.74 Å². The first kappa shape index (κ1) is 14.2. The molecule has 2 heterocycles. The van der Waals surface area contributed by atoms with E-state index in [0.29, 0.717) is 0 Å². The average Bonchev–Trinajstić information content (AvgIpc) is 3.05. The highest BCUT2D eigenvalue weighted by molar-refractivity contribution is 6.43. The van der Waals surface area contributed by atoms with Gasteiger partial charge in [0, 0.05) is 0 Å². The maximum atomic E-state index is 12.5. The first-order valence-corrected chi connectivity index (χ1v) is 7.03. The van der Waals surface area contributed by atoms with Crippen molar-refractivity contribution in [1.29, 1.82) is 0 Å². The van der Waals surface area contributed by atoms with Crippen molar-refractivity contribution in [3.8, 4) is 0 Å². The van der Waals surface area contributed by atoms with E-state index in [1.807, 2.05) is 30.3 Å². The molecule has 2 amide bonds. The summed E-state index contributed by atoms with van der Waals surface area (Å²) >= 11 is 0. The molecule has 1 N–H and O–H groups in total. The van der Waals surface area contributed by atoms with Crippen LogP contribution in [0.4, 0.5) is 0 Å². The second-order valence-electron chi connectivity index (χ2n) is 5.05. The van der Waals surface area contributed by atoms with Crippen molar-refractivity contribution in [3.05, 3.63) is 35.9 Å². The zero-order valence-corrected chi connectivity index (χ0v) is 12.0. The molecule has 0 spiro atoms. The van der Waals surface area contributed by atoms with Crippen LogP contribution >= 0.6 is 0 Å². The van der Waals surface area contributed by atoms with Gasteiger partial charge in [0.1, 0.15) is 12.0 Å². The van der Waals surface area contributed by atoms with Crippen LogP contribution < -0.4 is 5.43 Å². The van der Waals surface area contributed by atoms with E-state index >= 15 is 0 Å². The summed E-state index contributed by atoms with van der Waals surface area (Å²) in [6.45, 7) is 2.04. The van der Waals surface area contributed by atoms with Crippen LogP contribution in [-0.2, 0) is 25.7 Å². The van der Waals surface area contributed by atoms with E-state index in [0.717, 1.165) is 10.5 Å². The lowest BCUT2D eigenvalue weighted by Crippen LogP contribution is -2.35. The predicted molar refractivity (Wildman–Crippen MR) is 76.5 cm³/mol. The van der Waals surface area contributed by atoms with Crippen LogP contribution in [-0.4, -0.2) is 41.0 Å². The van der Waals surface area contributed by atoms with Gasteiger partial charge in [-0.25, -0.2) is 4.79 Å². The molecule has 7 nitrogen and oxygen atoms in total. The highest BCUT2D eigenvalue weighted by Crippen LogP contribution is 2.27. The van der Waals surface area contributed by atoms with E-state index in [1.54, 1.807) is 6.92 Å². The number of hydrogen-bond donors (Lipinski definition) is 1. The number of imide groups is 1. The Morgan fingerprint density at radius 3 is 2.68 bits per heavy atom. The Morgan fingerprint density at radius 2 is 2.00 bits per heavy atom. The minimum atomic E-state index is -0.893. The van der Waals surface area contributed by atoms with Crippen LogP contribution in [0.2, 0.25) is 0 Å². The molecular formula is C15H15N3O4. The van der Waals surface area contributed by atoms with Crippen molar-refractivity contribution in [2.75, 3.05) is 6.61 Å². The average molecular weight is 301 g/mol. The molecule has 2 unspecified atom stereocenters. The van der Waals surface area contributed by atoms with Crippen LogP contribution in [0.5, 0.6) is 0 Å². The summed E-state index contributed by atoms with van der Waals surface area (Å²) < 4.78 is 4.88. The van der Waals surface area contributed by atoms with Gasteiger partial charge < -0.3 is 4.74 Å². The Bertz CT molecular complexity index is 656. The summed E-state index contributed by atoms with van der Waals surface area (Å²) in [5, 5.41) is 3.80. The molecule has 22 heavy (non-hydrogen) atoms. The summed E-state index contributed by atoms with van der Waals surface area (Å²) in [6, 6.07) is 8.40. The minimum absolute atomic E-state index is 0.0271. The number of hydrazone groups is 1. The first-order valence-electron chi connectivity index (χ1n) is 7.03. The van der Waals surface area contributed by atoms with Gasteiger partial charge in [0.2, 0.25) is 5.91 Å². The minimum Gasteiger partial charge on any atom is -0.461 e. The van der Waals surface area contributed by atoms with Crippen molar-refractivity contribution in [2.24, 2.45) is 11.0 Å². The number of likely N-dealkylation sites (tertiary alicyclic amines) is 1. The fourth-order valence-electron chi connectivity index (χ4n) is 2.64. The number of amides is 2. The van der Waals surface area contributed by atoms with Crippen molar-refractivity contribution < 1.29 is 19.1 Å². The molecule has 3 rings (SSSR count). The molecule has 114 valence electrons. The summed E-state index contributed by atoms with van der Waals surface area (Å²) in [4.78, 5) is 37.8. The Kier molecular flexibility index (Phi) is 3.62. The van der Waals surface area contributed by atoms with Crippen LogP contribution in [0, 0.1) is 5.92 Å². The molecule has 1 saturated heterocycles. The molecule has 1 aromatic rings. The summed E-state index contributed by atoms with van der Waals surface area (Å²) in [5.74, 6) is -2.35. The number of carbonyl (C=O) groups excluding carboxylic acids is 3. The summed E-state index contributed by atoms with van der Waals surface area (Å²) in [7, 11) is 0. The zero-order valence-electron chi connectivity index (χ0n) is 12.0. The Labute approximate surface area is 126 Å². The maximum absolute atomic E-state index is 12.5. The molecule has 2 aliphatic heterocycles. The number of fused-ring (bicyclic) bond motifs is 1. The van der Waals surface area contributed by atoms with Gasteiger partial charge in [0.25, 0.3) is 5.91 Å². The molecule has 0 aromatic heterocycles. The molecule has 0 saturated carbocycles. The number of ether oxygens (including phenoxy) is 1. The number of nitrogens with zero attached hydrogens (tertiary/aromatic N) is 2. The number of carbonyl (C=O) groups is 3. The molecule has 0 bridgehead atoms. The lowest BCUT2D eigenvalue weighted by Gasteiger charge is -2.15. The first-order chi connectivity index (χ1) is 10.6. The van der Waals surface area contributed by atoms with E-state index in [-0.39, 0.29) is 24.8 Å². The van der Waals surface area contributed by atoms with Gasteiger partial charge in [0.05, 0.1) is 13.2 Å². The van der Waals surface area contributed by atoms with Crippen molar-refractivity contribution in [2.45, 2.75) is 19.5 Å². The third kappa shape index (κ3) is 2.24. The number of benzene rings is 1. The number of hydrogen-bond acceptors (Lipinski definition) is 6. The quantitative estimate of drug-likeness (QED) is 0.628. The summed E-state index contributed by atoms with van der Waals surface area (Å²) in [5.41, 5.74) is 3.40. The molecule has 7 heteroatoms. The van der Waals surface area contributed by atoms with Crippen LogP contribution in [0.3, 0.4) is 0 Å². The van der Waals surface area contributed by atoms with Crippen LogP contribution in [0.15, 0.2) is 35.4 Å². The normalized spacial score (nSPS) is 23.1. The zero-order chi connectivity index (χ0) is 15.7. The second-order valence-corrected chi connectivity index (χ2v) is 5.05. The maximum Gasteiger partial charge on any atom is 0.355 e. The molecule has 2 atom stereocenters. The third-order valence-electron chi connectivity index (χ3n) is 3.68. The molecule has 0 radical (unpaired) electrons. The van der Waals surface area contributed by atoms with E-state index < -0.39 is 23.8 Å². The van der Waals surface area contributed by atoms with E-state index in [2.05, 4.69) is 10.5 Å². The second kappa shape index (κ2) is 5.59. The van der Waals surface area contributed by atoms with Crippen molar-refractivity contribution in [1.82, 2.24) is 10.3 Å². The molecule has 1 aromatic carbocycles. The summed E-state index contributed by atoms with van der Waals surface area (Å²) in [6.07, 6.45) is 0. The molecule has 0 aliphatic carbocycles. The monoisotopic (exact) mass is 301 g/mol. The van der Waals surface area contributed by atoms with Gasteiger partial charge in [-0.2, -0.15) is 5.10 Å². The fourth-order valence-corrected chi connectivity index (χ4v) is 2.64. The van der Waals surface area contributed by atoms with E-state index in [1.165, 1.54) is 0 Å². The molecular weight excluding hydrogens is 286 g/mol. The van der Waals surface area contributed by atoms with Crippen LogP contribution in [0.1, 0.15) is 12.5 Å². The van der Waals surface area contributed by atoms with Gasteiger partial charge in [-0.3, -0.25) is 19.9 Å². The smallest absolute Gasteiger partial charge is 0.355 e. The van der Waals surface area contributed by atoms with Gasteiger partial charge in [0.15, 0.2) is 5.71 Å². The highest BCUT2D eigenvalue weighted by atomic mass is 16.5. The van der Waals surface area contributed by atoms with Gasteiger partial charge >= 0.3 is 5.97 Å². The van der Waals surface area contributed by atoms with Crippen LogP contribution in [0.25, 0.3) is 0 Å². The topological polar surface area (TPSA) is 88.1 Å². The lowest BCUT2D eigenvalue weighted by molar-refractivity contribution is -0.141. The Balaban J connectivity index is 1.80. The van der Waals surface area contributed by atoms with Gasteiger partial charge in [-0.1, -0.05) is 30.3 Å². The standard InChI is InChI=1S/C15H15N3O4/c1-2-22-15(21)12-10-11(16-17-12)14(20)18(13(10)19)8-9-6-4-3-5-7-9/h3-7,10-11,16H,2,8H2,1H3. The molecule has 2 aliphatic rings. The SMILES string of the molecule is CCOC(=O)C1=NNC2C(=O)N(Cc3ccccc3)C(=O)C12. The van der Waals surface area contributed by atoms with Crippen molar-refractivity contribution >= 4 is 23.5 Å². The van der Waals surface area contributed by atoms with Gasteiger partial charge in [-0.05, 0) is 12.5 Å². The Hall–Kier alpha value is -2.70. The Morgan fingerprint density at radius 1 is 1.27 bits per heavy atom. The van der Waals surface area contributed by atoms with E-state index in [9.17, 15) is 14.4 Å². The lowest BCUT2D eigenvalue weighted by atomic mass is 9.99. The predicted octanol–water partition coefficient (Wildman–Crippen LogP) is 0.0625. The number of esters is 1. The number of nitrogens with one attached hydrogen (secondary N) is 1. The fraction of sp³-hybridized carbons (Fsp3) is 0.333. The largest absolute Gasteiger partial charge is 0.461 e. The van der Waals surface area contributed by atoms with Crippen molar-refractivity contribution in [3.63, 3.8) is 0 Å². The molecule has 1 fully saturated rings. The highest BCUT2D eigenvalue weighted by Gasteiger charge is 2.55. The van der Waals surface area contributed by atoms with Gasteiger partial charge in [-0.15, -0.1) is 0 Å². The third-order valence-corrected chi connectivity index (χ3v) is 3.68.